The van der Waals surface area contributed by atoms with Gasteiger partial charge in [-0.1, -0.05) is 5.92 Å². The van der Waals surface area contributed by atoms with Gasteiger partial charge in [-0.15, -0.1) is 6.42 Å². The van der Waals surface area contributed by atoms with Crippen molar-refractivity contribution in [2.24, 2.45) is 5.10 Å². The number of amides is 1. The van der Waals surface area contributed by atoms with Crippen LogP contribution in [0.15, 0.2) is 47.6 Å². The molecule has 1 aliphatic rings. The Labute approximate surface area is 171 Å². The Morgan fingerprint density at radius 1 is 1.17 bits per heavy atom. The van der Waals surface area contributed by atoms with Gasteiger partial charge >= 0.3 is 0 Å². The van der Waals surface area contributed by atoms with Gasteiger partial charge in [0.2, 0.25) is 0 Å². The second kappa shape index (κ2) is 10.2. The van der Waals surface area contributed by atoms with Crippen LogP contribution in [0.25, 0.3) is 0 Å². The van der Waals surface area contributed by atoms with Gasteiger partial charge < -0.3 is 14.4 Å². The minimum Gasteiger partial charge on any atom is -0.490 e. The Balaban J connectivity index is 1.60. The van der Waals surface area contributed by atoms with Gasteiger partial charge in [-0.2, -0.15) is 5.10 Å². The SMILES string of the molecule is C#CCOc1ccc(/C=N\NC(=O)c2ccc(N3CCCC3)cc2)cc1OCC. The van der Waals surface area contributed by atoms with E-state index in [2.05, 4.69) is 21.3 Å². The minimum absolute atomic E-state index is 0.167. The summed E-state index contributed by atoms with van der Waals surface area (Å²) in [6.07, 6.45) is 9.23. The zero-order valence-corrected chi connectivity index (χ0v) is 16.6. The van der Waals surface area contributed by atoms with Crippen LogP contribution in [0.1, 0.15) is 35.7 Å². The standard InChI is InChI=1S/C23H25N3O3/c1-3-15-29-21-12-7-18(16-22(21)28-4-2)17-24-25-23(27)19-8-10-20(11-9-19)26-13-5-6-14-26/h1,7-12,16-17H,4-6,13-15H2,2H3,(H,25,27)/b24-17-. The molecule has 1 N–H and O–H groups in total. The van der Waals surface area contributed by atoms with Crippen LogP contribution in [0.4, 0.5) is 5.69 Å². The summed E-state index contributed by atoms with van der Waals surface area (Å²) in [7, 11) is 0. The number of ether oxygens (including phenoxy) is 2. The minimum atomic E-state index is -0.256. The molecular weight excluding hydrogens is 366 g/mol. The average molecular weight is 391 g/mol. The number of carbonyl (C=O) groups excluding carboxylic acids is 1. The van der Waals surface area contributed by atoms with Crippen LogP contribution in [-0.2, 0) is 0 Å². The summed E-state index contributed by atoms with van der Waals surface area (Å²) in [5.74, 6) is 3.32. The quantitative estimate of drug-likeness (QED) is 0.425. The number of hydrazone groups is 1. The lowest BCUT2D eigenvalue weighted by Gasteiger charge is -2.17. The molecule has 6 nitrogen and oxygen atoms in total. The molecule has 0 radical (unpaired) electrons. The van der Waals surface area contributed by atoms with Gasteiger partial charge in [-0.05, 0) is 67.8 Å². The summed E-state index contributed by atoms with van der Waals surface area (Å²) in [5.41, 5.74) is 5.04. The van der Waals surface area contributed by atoms with Crippen molar-refractivity contribution in [3.63, 3.8) is 0 Å². The number of carbonyl (C=O) groups is 1. The summed E-state index contributed by atoms with van der Waals surface area (Å²) in [5, 5.41) is 4.05. The van der Waals surface area contributed by atoms with E-state index in [0.29, 0.717) is 23.7 Å². The summed E-state index contributed by atoms with van der Waals surface area (Å²) in [6.45, 7) is 4.70. The summed E-state index contributed by atoms with van der Waals surface area (Å²) in [6, 6.07) is 13.0. The van der Waals surface area contributed by atoms with Gasteiger partial charge in [0.25, 0.3) is 5.91 Å². The van der Waals surface area contributed by atoms with E-state index in [0.717, 1.165) is 24.3 Å². The molecule has 3 rings (SSSR count). The Hall–Kier alpha value is -3.46. The van der Waals surface area contributed by atoms with Crippen LogP contribution < -0.4 is 19.8 Å². The van der Waals surface area contributed by atoms with Gasteiger partial charge in [0, 0.05) is 24.3 Å². The molecule has 29 heavy (non-hydrogen) atoms. The maximum atomic E-state index is 12.3. The molecule has 0 aromatic heterocycles. The highest BCUT2D eigenvalue weighted by Crippen LogP contribution is 2.28. The molecule has 0 bridgehead atoms. The number of anilines is 1. The fourth-order valence-corrected chi connectivity index (χ4v) is 3.14. The van der Waals surface area contributed by atoms with Crippen LogP contribution in [0.3, 0.4) is 0 Å². The first-order valence-electron chi connectivity index (χ1n) is 9.73. The molecule has 2 aromatic carbocycles. The third-order valence-corrected chi connectivity index (χ3v) is 4.56. The fraction of sp³-hybridized carbons (Fsp3) is 0.304. The fourth-order valence-electron chi connectivity index (χ4n) is 3.14. The largest absolute Gasteiger partial charge is 0.490 e. The molecule has 1 aliphatic heterocycles. The zero-order valence-electron chi connectivity index (χ0n) is 16.6. The van der Waals surface area contributed by atoms with E-state index in [-0.39, 0.29) is 12.5 Å². The third-order valence-electron chi connectivity index (χ3n) is 4.56. The topological polar surface area (TPSA) is 63.2 Å². The lowest BCUT2D eigenvalue weighted by Crippen LogP contribution is -2.19. The molecule has 0 atom stereocenters. The van der Waals surface area contributed by atoms with Crippen molar-refractivity contribution in [3.8, 4) is 23.8 Å². The molecule has 1 fully saturated rings. The predicted octanol–water partition coefficient (Wildman–Crippen LogP) is 3.46. The lowest BCUT2D eigenvalue weighted by molar-refractivity contribution is 0.0955. The molecule has 0 spiro atoms. The first kappa shape index (κ1) is 20.3. The zero-order chi connectivity index (χ0) is 20.5. The summed E-state index contributed by atoms with van der Waals surface area (Å²) in [4.78, 5) is 14.6. The number of terminal acetylenes is 1. The highest BCUT2D eigenvalue weighted by atomic mass is 16.5. The Morgan fingerprint density at radius 3 is 2.62 bits per heavy atom. The Bertz CT molecular complexity index is 895. The number of nitrogens with one attached hydrogen (secondary N) is 1. The van der Waals surface area contributed by atoms with Gasteiger partial charge in [0.05, 0.1) is 12.8 Å². The highest BCUT2D eigenvalue weighted by Gasteiger charge is 2.13. The Morgan fingerprint density at radius 2 is 1.93 bits per heavy atom. The second-order valence-corrected chi connectivity index (χ2v) is 6.57. The smallest absolute Gasteiger partial charge is 0.271 e. The van der Waals surface area contributed by atoms with Crippen LogP contribution in [-0.4, -0.2) is 38.4 Å². The molecular formula is C23H25N3O3. The van der Waals surface area contributed by atoms with Crippen molar-refractivity contribution < 1.29 is 14.3 Å². The number of nitrogens with zero attached hydrogens (tertiary/aromatic N) is 2. The van der Waals surface area contributed by atoms with Crippen molar-refractivity contribution in [1.29, 1.82) is 0 Å². The molecule has 150 valence electrons. The number of hydrogen-bond donors (Lipinski definition) is 1. The first-order valence-corrected chi connectivity index (χ1v) is 9.73. The van der Waals surface area contributed by atoms with Crippen LogP contribution in [0, 0.1) is 12.3 Å². The molecule has 2 aromatic rings. The van der Waals surface area contributed by atoms with Gasteiger partial charge in [0.1, 0.15) is 6.61 Å². The van der Waals surface area contributed by atoms with Crippen molar-refractivity contribution in [1.82, 2.24) is 5.43 Å². The van der Waals surface area contributed by atoms with Gasteiger partial charge in [-0.3, -0.25) is 4.79 Å². The van der Waals surface area contributed by atoms with E-state index in [9.17, 15) is 4.79 Å². The highest BCUT2D eigenvalue weighted by molar-refractivity contribution is 5.95. The molecule has 0 aliphatic carbocycles. The van der Waals surface area contributed by atoms with E-state index in [4.69, 9.17) is 15.9 Å². The van der Waals surface area contributed by atoms with E-state index in [1.54, 1.807) is 18.3 Å². The van der Waals surface area contributed by atoms with Crippen LogP contribution in [0.2, 0.25) is 0 Å². The van der Waals surface area contributed by atoms with Crippen molar-refractivity contribution in [2.45, 2.75) is 19.8 Å². The number of rotatable bonds is 8. The average Bonchev–Trinajstić information content (AvgIpc) is 3.28. The molecule has 1 heterocycles. The first-order chi connectivity index (χ1) is 14.2. The molecule has 0 saturated carbocycles. The van der Waals surface area contributed by atoms with E-state index < -0.39 is 0 Å². The second-order valence-electron chi connectivity index (χ2n) is 6.57. The van der Waals surface area contributed by atoms with E-state index in [1.807, 2.05) is 37.3 Å². The molecule has 6 heteroatoms. The number of benzene rings is 2. The molecule has 1 saturated heterocycles. The van der Waals surface area contributed by atoms with Crippen LogP contribution in [0.5, 0.6) is 11.5 Å². The van der Waals surface area contributed by atoms with Crippen LogP contribution >= 0.6 is 0 Å². The summed E-state index contributed by atoms with van der Waals surface area (Å²) >= 11 is 0. The van der Waals surface area contributed by atoms with E-state index in [1.165, 1.54) is 12.8 Å². The maximum absolute atomic E-state index is 12.3. The monoisotopic (exact) mass is 391 g/mol. The predicted molar refractivity (Wildman–Crippen MR) is 115 cm³/mol. The molecule has 1 amide bonds. The van der Waals surface area contributed by atoms with Gasteiger partial charge in [-0.25, -0.2) is 5.43 Å². The number of hydrogen-bond acceptors (Lipinski definition) is 5. The van der Waals surface area contributed by atoms with Gasteiger partial charge in [0.15, 0.2) is 11.5 Å². The maximum Gasteiger partial charge on any atom is 0.271 e. The van der Waals surface area contributed by atoms with Crippen molar-refractivity contribution in [3.05, 3.63) is 53.6 Å². The summed E-state index contributed by atoms with van der Waals surface area (Å²) < 4.78 is 11.0. The Kier molecular flexibility index (Phi) is 7.12. The van der Waals surface area contributed by atoms with Crippen molar-refractivity contribution >= 4 is 17.8 Å². The third kappa shape index (κ3) is 5.52. The van der Waals surface area contributed by atoms with Crippen molar-refractivity contribution in [2.75, 3.05) is 31.2 Å². The van der Waals surface area contributed by atoms with E-state index >= 15 is 0 Å². The lowest BCUT2D eigenvalue weighted by atomic mass is 10.2. The normalized spacial score (nSPS) is 13.3. The molecule has 0 unspecified atom stereocenters.